The van der Waals surface area contributed by atoms with Gasteiger partial charge in [-0.25, -0.2) is 4.98 Å². The van der Waals surface area contributed by atoms with Crippen LogP contribution in [0.4, 0.5) is 24.8 Å². The molecule has 1 aromatic rings. The van der Waals surface area contributed by atoms with Crippen molar-refractivity contribution in [1.82, 2.24) is 9.88 Å². The molecule has 2 N–H and O–H groups in total. The van der Waals surface area contributed by atoms with E-state index < -0.39 is 11.7 Å². The number of aromatic nitrogens is 1. The van der Waals surface area contributed by atoms with Gasteiger partial charge in [0.1, 0.15) is 11.6 Å². The van der Waals surface area contributed by atoms with Crippen LogP contribution < -0.4 is 10.6 Å². The number of halogens is 3. The molecule has 0 spiro atoms. The number of nitrogen functional groups attached to an aromatic ring is 1. The molecule has 0 aliphatic carbocycles. The summed E-state index contributed by atoms with van der Waals surface area (Å²) < 4.78 is 38.4. The molecule has 0 atom stereocenters. The van der Waals surface area contributed by atoms with Crippen LogP contribution in [0, 0.1) is 0 Å². The number of carbonyl (C=O) groups is 1. The lowest BCUT2D eigenvalue weighted by atomic mass is 10.2. The van der Waals surface area contributed by atoms with Gasteiger partial charge in [0, 0.05) is 20.6 Å². The largest absolute Gasteiger partial charge is 0.416 e. The standard InChI is InChI=1S/C13H19F3N4O/c1-4-5-20(8-12(21)19(2)3)11-7-9(13(14,15)16)6-10(17)18-11/h6-7H,4-5,8H2,1-3H3,(H2,17,18). The normalized spacial score (nSPS) is 11.3. The molecule has 0 saturated heterocycles. The van der Waals surface area contributed by atoms with Crippen LogP contribution >= 0.6 is 0 Å². The molecule has 0 fully saturated rings. The highest BCUT2D eigenvalue weighted by molar-refractivity contribution is 5.80. The van der Waals surface area contributed by atoms with Crippen molar-refractivity contribution in [2.75, 3.05) is 37.8 Å². The summed E-state index contributed by atoms with van der Waals surface area (Å²) in [4.78, 5) is 18.6. The van der Waals surface area contributed by atoms with Crippen molar-refractivity contribution in [3.63, 3.8) is 0 Å². The fourth-order valence-electron chi connectivity index (χ4n) is 1.71. The number of likely N-dealkylation sites (N-methyl/N-ethyl adjacent to an activating group) is 1. The number of carbonyl (C=O) groups excluding carboxylic acids is 1. The lowest BCUT2D eigenvalue weighted by Gasteiger charge is -2.25. The predicted octanol–water partition coefficient (Wildman–Crippen LogP) is 1.99. The van der Waals surface area contributed by atoms with E-state index in [2.05, 4.69) is 4.98 Å². The van der Waals surface area contributed by atoms with Gasteiger partial charge in [-0.05, 0) is 18.6 Å². The van der Waals surface area contributed by atoms with Gasteiger partial charge >= 0.3 is 6.18 Å². The maximum atomic E-state index is 12.8. The molecule has 21 heavy (non-hydrogen) atoms. The van der Waals surface area contributed by atoms with Gasteiger partial charge < -0.3 is 15.5 Å². The molecule has 1 amide bonds. The van der Waals surface area contributed by atoms with Crippen molar-refractivity contribution in [2.24, 2.45) is 0 Å². The third-order valence-corrected chi connectivity index (χ3v) is 2.80. The SMILES string of the molecule is CCCN(CC(=O)N(C)C)c1cc(C(F)(F)F)cc(N)n1. The molecule has 118 valence electrons. The Kier molecular flexibility index (Phi) is 5.40. The van der Waals surface area contributed by atoms with Gasteiger partial charge in [0.2, 0.25) is 5.91 Å². The van der Waals surface area contributed by atoms with Crippen LogP contribution in [0.5, 0.6) is 0 Å². The molecule has 0 unspecified atom stereocenters. The van der Waals surface area contributed by atoms with Gasteiger partial charge in [0.05, 0.1) is 12.1 Å². The Balaban J connectivity index is 3.13. The first-order valence-electron chi connectivity index (χ1n) is 6.45. The van der Waals surface area contributed by atoms with E-state index in [0.29, 0.717) is 13.0 Å². The topological polar surface area (TPSA) is 62.5 Å². The van der Waals surface area contributed by atoms with Crippen LogP contribution in [0.2, 0.25) is 0 Å². The molecule has 1 heterocycles. The van der Waals surface area contributed by atoms with Crippen molar-refractivity contribution in [3.8, 4) is 0 Å². The lowest BCUT2D eigenvalue weighted by molar-refractivity contribution is -0.137. The first kappa shape index (κ1) is 17.1. The summed E-state index contributed by atoms with van der Waals surface area (Å²) in [5.41, 5.74) is 4.58. The molecular weight excluding hydrogens is 285 g/mol. The van der Waals surface area contributed by atoms with E-state index in [0.717, 1.165) is 12.1 Å². The number of hydrogen-bond donors (Lipinski definition) is 1. The summed E-state index contributed by atoms with van der Waals surface area (Å²) in [7, 11) is 3.17. The van der Waals surface area contributed by atoms with Crippen LogP contribution in [0.1, 0.15) is 18.9 Å². The maximum absolute atomic E-state index is 12.8. The van der Waals surface area contributed by atoms with Gasteiger partial charge in [-0.2, -0.15) is 13.2 Å². The summed E-state index contributed by atoms with van der Waals surface area (Å²) in [6.07, 6.45) is -3.84. The minimum atomic E-state index is -4.50. The number of rotatable bonds is 5. The maximum Gasteiger partial charge on any atom is 0.416 e. The third kappa shape index (κ3) is 4.80. The summed E-state index contributed by atoms with van der Waals surface area (Å²) in [6.45, 7) is 2.23. The number of pyridine rings is 1. The Hall–Kier alpha value is -1.99. The van der Waals surface area contributed by atoms with Crippen molar-refractivity contribution < 1.29 is 18.0 Å². The predicted molar refractivity (Wildman–Crippen MR) is 74.8 cm³/mol. The van der Waals surface area contributed by atoms with Gasteiger partial charge in [-0.3, -0.25) is 4.79 Å². The number of nitrogens with two attached hydrogens (primary N) is 1. The molecular formula is C13H19F3N4O. The summed E-state index contributed by atoms with van der Waals surface area (Å²) in [5.74, 6) is -0.390. The minimum absolute atomic E-state index is 0.0470. The Morgan fingerprint density at radius 2 is 1.95 bits per heavy atom. The van der Waals surface area contributed by atoms with Gasteiger partial charge in [0.25, 0.3) is 0 Å². The molecule has 0 aromatic carbocycles. The van der Waals surface area contributed by atoms with Gasteiger partial charge in [-0.1, -0.05) is 6.92 Å². The smallest absolute Gasteiger partial charge is 0.384 e. The third-order valence-electron chi connectivity index (χ3n) is 2.80. The second-order valence-electron chi connectivity index (χ2n) is 4.85. The molecule has 0 radical (unpaired) electrons. The molecule has 0 aliphatic rings. The number of amides is 1. The van der Waals surface area contributed by atoms with E-state index in [1.807, 2.05) is 6.92 Å². The molecule has 5 nitrogen and oxygen atoms in total. The van der Waals surface area contributed by atoms with Crippen LogP contribution in [0.25, 0.3) is 0 Å². The Morgan fingerprint density at radius 1 is 1.33 bits per heavy atom. The number of nitrogens with zero attached hydrogens (tertiary/aromatic N) is 3. The zero-order chi connectivity index (χ0) is 16.2. The van der Waals surface area contributed by atoms with Crippen molar-refractivity contribution in [1.29, 1.82) is 0 Å². The second kappa shape index (κ2) is 6.64. The fraction of sp³-hybridized carbons (Fsp3) is 0.538. The summed E-state index contributed by atoms with van der Waals surface area (Å²) >= 11 is 0. The van der Waals surface area contributed by atoms with E-state index in [9.17, 15) is 18.0 Å². The van der Waals surface area contributed by atoms with Crippen LogP contribution in [-0.4, -0.2) is 43.0 Å². The zero-order valence-corrected chi connectivity index (χ0v) is 12.2. The molecule has 1 rings (SSSR count). The Labute approximate surface area is 121 Å². The second-order valence-corrected chi connectivity index (χ2v) is 4.85. The first-order valence-corrected chi connectivity index (χ1v) is 6.45. The van der Waals surface area contributed by atoms with Crippen molar-refractivity contribution >= 4 is 17.5 Å². The number of alkyl halides is 3. The van der Waals surface area contributed by atoms with E-state index in [-0.39, 0.29) is 24.1 Å². The average molecular weight is 304 g/mol. The van der Waals surface area contributed by atoms with Crippen LogP contribution in [0.3, 0.4) is 0 Å². The van der Waals surface area contributed by atoms with Crippen LogP contribution in [0.15, 0.2) is 12.1 Å². The highest BCUT2D eigenvalue weighted by atomic mass is 19.4. The molecule has 8 heteroatoms. The Morgan fingerprint density at radius 3 is 2.43 bits per heavy atom. The highest BCUT2D eigenvalue weighted by Gasteiger charge is 2.32. The van der Waals surface area contributed by atoms with E-state index >= 15 is 0 Å². The van der Waals surface area contributed by atoms with E-state index in [1.54, 1.807) is 14.1 Å². The molecule has 1 aromatic heterocycles. The van der Waals surface area contributed by atoms with Crippen molar-refractivity contribution in [2.45, 2.75) is 19.5 Å². The summed E-state index contributed by atoms with van der Waals surface area (Å²) in [6, 6.07) is 1.69. The molecule has 0 aliphatic heterocycles. The lowest BCUT2D eigenvalue weighted by Crippen LogP contribution is -2.37. The van der Waals surface area contributed by atoms with E-state index in [4.69, 9.17) is 5.73 Å². The monoisotopic (exact) mass is 304 g/mol. The average Bonchev–Trinajstić information content (AvgIpc) is 2.36. The fourth-order valence-corrected chi connectivity index (χ4v) is 1.71. The van der Waals surface area contributed by atoms with Gasteiger partial charge in [-0.15, -0.1) is 0 Å². The van der Waals surface area contributed by atoms with Crippen LogP contribution in [-0.2, 0) is 11.0 Å². The van der Waals surface area contributed by atoms with Crippen molar-refractivity contribution in [3.05, 3.63) is 17.7 Å². The Bertz CT molecular complexity index is 503. The summed E-state index contributed by atoms with van der Waals surface area (Å²) in [5, 5.41) is 0. The number of anilines is 2. The number of hydrogen-bond acceptors (Lipinski definition) is 4. The zero-order valence-electron chi connectivity index (χ0n) is 12.2. The first-order chi connectivity index (χ1) is 9.65. The molecule has 0 saturated carbocycles. The quantitative estimate of drug-likeness (QED) is 0.903. The minimum Gasteiger partial charge on any atom is -0.384 e. The van der Waals surface area contributed by atoms with E-state index in [1.165, 1.54) is 9.80 Å². The molecule has 0 bridgehead atoms. The highest BCUT2D eigenvalue weighted by Crippen LogP contribution is 2.32. The van der Waals surface area contributed by atoms with Gasteiger partial charge in [0.15, 0.2) is 0 Å².